The zero-order chi connectivity index (χ0) is 23.4. The number of carbonyl (C=O) groups is 3. The van der Waals surface area contributed by atoms with Crippen molar-refractivity contribution in [2.75, 3.05) is 30.5 Å². The molecule has 0 radical (unpaired) electrons. The van der Waals surface area contributed by atoms with Gasteiger partial charge in [0.1, 0.15) is 5.75 Å². The van der Waals surface area contributed by atoms with Crippen LogP contribution in [0.4, 0.5) is 17.1 Å². The Morgan fingerprint density at radius 3 is 2.69 bits per heavy atom. The lowest BCUT2D eigenvalue weighted by Gasteiger charge is -2.19. The number of ether oxygens (including phenoxy) is 2. The van der Waals surface area contributed by atoms with Gasteiger partial charge in [-0.1, -0.05) is 23.2 Å². The molecular formula is C20H17Cl2N3O7. The fraction of sp³-hybridized carbons (Fsp3) is 0.250. The smallest absolute Gasteiger partial charge is 0.311 e. The summed E-state index contributed by atoms with van der Waals surface area (Å²) in [6.07, 6.45) is -0.138. The van der Waals surface area contributed by atoms with Gasteiger partial charge in [-0.2, -0.15) is 0 Å². The standard InChI is InChI=1S/C20H17Cl2N3O7/c1-31-17-8-13(25(29)30)3-5-16(17)24-9-11(6-19(24)27)20(28)32-10-18(26)23-15-7-12(21)2-4-14(15)22/h2-5,7-8,11H,6,9-10H2,1H3,(H,23,26)/t11-/m0/s1. The maximum atomic E-state index is 12.4. The van der Waals surface area contributed by atoms with Crippen molar-refractivity contribution in [2.45, 2.75) is 6.42 Å². The Morgan fingerprint density at radius 1 is 1.25 bits per heavy atom. The van der Waals surface area contributed by atoms with Gasteiger partial charge in [0.05, 0.1) is 40.4 Å². The van der Waals surface area contributed by atoms with Crippen molar-refractivity contribution in [1.29, 1.82) is 0 Å². The van der Waals surface area contributed by atoms with Crippen LogP contribution < -0.4 is 15.0 Å². The molecule has 2 amide bonds. The average Bonchev–Trinajstić information content (AvgIpc) is 3.15. The first-order valence-corrected chi connectivity index (χ1v) is 9.99. The molecule has 10 nitrogen and oxygen atoms in total. The molecule has 32 heavy (non-hydrogen) atoms. The number of halogens is 2. The van der Waals surface area contributed by atoms with Gasteiger partial charge >= 0.3 is 5.97 Å². The second kappa shape index (κ2) is 9.84. The lowest BCUT2D eigenvalue weighted by atomic mass is 10.1. The van der Waals surface area contributed by atoms with Crippen molar-refractivity contribution < 1.29 is 28.8 Å². The third-order valence-electron chi connectivity index (χ3n) is 4.67. The number of rotatable bonds is 7. The summed E-state index contributed by atoms with van der Waals surface area (Å²) >= 11 is 11.8. The zero-order valence-electron chi connectivity index (χ0n) is 16.7. The van der Waals surface area contributed by atoms with Crippen molar-refractivity contribution in [3.8, 4) is 5.75 Å². The van der Waals surface area contributed by atoms with Gasteiger partial charge in [0.25, 0.3) is 11.6 Å². The van der Waals surface area contributed by atoms with Gasteiger partial charge < -0.3 is 19.7 Å². The van der Waals surface area contributed by atoms with E-state index in [1.54, 1.807) is 6.07 Å². The summed E-state index contributed by atoms with van der Waals surface area (Å²) in [6, 6.07) is 8.33. The van der Waals surface area contributed by atoms with Crippen LogP contribution in [0.25, 0.3) is 0 Å². The Balaban J connectivity index is 1.61. The minimum absolute atomic E-state index is 0.0203. The summed E-state index contributed by atoms with van der Waals surface area (Å²) in [7, 11) is 1.32. The van der Waals surface area contributed by atoms with E-state index in [9.17, 15) is 24.5 Å². The number of esters is 1. The molecule has 0 saturated carbocycles. The number of nitro benzene ring substituents is 1. The van der Waals surface area contributed by atoms with Crippen molar-refractivity contribution in [1.82, 2.24) is 0 Å². The van der Waals surface area contributed by atoms with E-state index >= 15 is 0 Å². The Morgan fingerprint density at radius 2 is 2.00 bits per heavy atom. The maximum Gasteiger partial charge on any atom is 0.311 e. The number of hydrogen-bond donors (Lipinski definition) is 1. The summed E-state index contributed by atoms with van der Waals surface area (Å²) < 4.78 is 10.2. The molecule has 168 valence electrons. The zero-order valence-corrected chi connectivity index (χ0v) is 18.2. The van der Waals surface area contributed by atoms with Crippen LogP contribution in [0, 0.1) is 16.0 Å². The second-order valence-corrected chi connectivity index (χ2v) is 7.64. The van der Waals surface area contributed by atoms with Crippen LogP contribution in [0.1, 0.15) is 6.42 Å². The van der Waals surface area contributed by atoms with Crippen LogP contribution in [0.3, 0.4) is 0 Å². The highest BCUT2D eigenvalue weighted by Gasteiger charge is 2.37. The molecule has 2 aromatic rings. The van der Waals surface area contributed by atoms with E-state index in [-0.39, 0.29) is 41.0 Å². The van der Waals surface area contributed by atoms with Crippen LogP contribution >= 0.6 is 23.2 Å². The first kappa shape index (κ1) is 23.3. The van der Waals surface area contributed by atoms with Gasteiger partial charge in [-0.25, -0.2) is 0 Å². The lowest BCUT2D eigenvalue weighted by molar-refractivity contribution is -0.384. The molecule has 1 aliphatic rings. The number of nitrogens with one attached hydrogen (secondary N) is 1. The quantitative estimate of drug-likeness (QED) is 0.364. The summed E-state index contributed by atoms with van der Waals surface area (Å²) in [5.41, 5.74) is 0.374. The number of non-ortho nitro benzene ring substituents is 1. The number of hydrogen-bond acceptors (Lipinski definition) is 7. The Bertz CT molecular complexity index is 1090. The topological polar surface area (TPSA) is 128 Å². The van der Waals surface area contributed by atoms with Crippen molar-refractivity contribution in [3.05, 3.63) is 56.6 Å². The number of benzene rings is 2. The fourth-order valence-electron chi connectivity index (χ4n) is 3.14. The third kappa shape index (κ3) is 5.27. The van der Waals surface area contributed by atoms with Gasteiger partial charge in [-0.05, 0) is 24.3 Å². The molecule has 0 unspecified atom stereocenters. The molecule has 1 atom stereocenters. The van der Waals surface area contributed by atoms with E-state index in [1.807, 2.05) is 0 Å². The highest BCUT2D eigenvalue weighted by molar-refractivity contribution is 6.35. The summed E-state index contributed by atoms with van der Waals surface area (Å²) in [6.45, 7) is -0.596. The molecule has 0 spiro atoms. The monoisotopic (exact) mass is 481 g/mol. The van der Waals surface area contributed by atoms with Crippen molar-refractivity contribution in [2.24, 2.45) is 5.92 Å². The number of carbonyl (C=O) groups excluding carboxylic acids is 3. The second-order valence-electron chi connectivity index (χ2n) is 6.80. The van der Waals surface area contributed by atoms with E-state index in [0.29, 0.717) is 10.7 Å². The fourth-order valence-corrected chi connectivity index (χ4v) is 3.47. The molecule has 0 bridgehead atoms. The van der Waals surface area contributed by atoms with E-state index in [0.717, 1.165) is 0 Å². The molecule has 0 aromatic heterocycles. The Kier molecular flexibility index (Phi) is 7.16. The number of anilines is 2. The first-order valence-electron chi connectivity index (χ1n) is 9.24. The van der Waals surface area contributed by atoms with Crippen LogP contribution in [0.2, 0.25) is 10.0 Å². The molecule has 1 N–H and O–H groups in total. The molecule has 1 heterocycles. The lowest BCUT2D eigenvalue weighted by Crippen LogP contribution is -2.28. The Labute approximate surface area is 192 Å². The number of nitrogens with zero attached hydrogens (tertiary/aromatic N) is 2. The van der Waals surface area contributed by atoms with Gasteiger partial charge in [0.2, 0.25) is 5.91 Å². The molecule has 3 rings (SSSR count). The SMILES string of the molecule is COc1cc([N+](=O)[O-])ccc1N1C[C@@H](C(=O)OCC(=O)Nc2cc(Cl)ccc2Cl)CC1=O. The molecule has 0 aliphatic carbocycles. The van der Waals surface area contributed by atoms with Crippen LogP contribution in [0.5, 0.6) is 5.75 Å². The summed E-state index contributed by atoms with van der Waals surface area (Å²) in [5.74, 6) is -2.42. The maximum absolute atomic E-state index is 12.4. The highest BCUT2D eigenvalue weighted by Crippen LogP contribution is 2.36. The first-order chi connectivity index (χ1) is 15.2. The molecular weight excluding hydrogens is 465 g/mol. The predicted molar refractivity (Wildman–Crippen MR) is 116 cm³/mol. The van der Waals surface area contributed by atoms with Crippen molar-refractivity contribution >= 4 is 58.0 Å². The number of amides is 2. The minimum Gasteiger partial charge on any atom is -0.494 e. The largest absolute Gasteiger partial charge is 0.494 e. The third-order valence-corrected chi connectivity index (χ3v) is 5.24. The summed E-state index contributed by atoms with van der Waals surface area (Å²) in [4.78, 5) is 48.6. The van der Waals surface area contributed by atoms with Crippen LogP contribution in [0.15, 0.2) is 36.4 Å². The minimum atomic E-state index is -0.815. The van der Waals surface area contributed by atoms with Gasteiger partial charge in [0.15, 0.2) is 6.61 Å². The van der Waals surface area contributed by atoms with E-state index in [4.69, 9.17) is 32.7 Å². The summed E-state index contributed by atoms with van der Waals surface area (Å²) in [5, 5.41) is 14.1. The van der Waals surface area contributed by atoms with E-state index in [1.165, 1.54) is 42.3 Å². The van der Waals surface area contributed by atoms with Gasteiger partial charge in [-0.3, -0.25) is 24.5 Å². The van der Waals surface area contributed by atoms with Gasteiger partial charge in [-0.15, -0.1) is 0 Å². The van der Waals surface area contributed by atoms with Gasteiger partial charge in [0, 0.05) is 24.1 Å². The van der Waals surface area contributed by atoms with E-state index < -0.39 is 29.3 Å². The van der Waals surface area contributed by atoms with E-state index in [2.05, 4.69) is 5.32 Å². The van der Waals surface area contributed by atoms with Crippen molar-refractivity contribution in [3.63, 3.8) is 0 Å². The van der Waals surface area contributed by atoms with Crippen LogP contribution in [-0.2, 0) is 19.1 Å². The Hall–Kier alpha value is -3.37. The molecule has 1 fully saturated rings. The predicted octanol–water partition coefficient (Wildman–Crippen LogP) is 3.45. The molecule has 12 heteroatoms. The molecule has 1 saturated heterocycles. The molecule has 1 aliphatic heterocycles. The normalized spacial score (nSPS) is 15.4. The highest BCUT2D eigenvalue weighted by atomic mass is 35.5. The van der Waals surface area contributed by atoms with Crippen LogP contribution in [-0.4, -0.2) is 43.0 Å². The average molecular weight is 482 g/mol. The number of nitro groups is 1. The number of methoxy groups -OCH3 is 1. The molecule has 2 aromatic carbocycles.